The zero-order valence-electron chi connectivity index (χ0n) is 19.7. The maximum Gasteiger partial charge on any atom is 0.330 e. The van der Waals surface area contributed by atoms with Crippen molar-refractivity contribution in [2.45, 2.75) is 17.9 Å². The van der Waals surface area contributed by atoms with Crippen molar-refractivity contribution in [3.8, 4) is 0 Å². The van der Waals surface area contributed by atoms with Gasteiger partial charge in [-0.2, -0.15) is 4.72 Å². The molecule has 0 unspecified atom stereocenters. The summed E-state index contributed by atoms with van der Waals surface area (Å²) in [5.74, 6) is -1.25. The predicted molar refractivity (Wildman–Crippen MR) is 134 cm³/mol. The van der Waals surface area contributed by atoms with Gasteiger partial charge in [0.25, 0.3) is 5.56 Å². The monoisotopic (exact) mass is 510 g/mol. The fraction of sp³-hybridized carbons (Fsp3) is 0.160. The molecule has 3 aromatic carbocycles. The third kappa shape index (κ3) is 4.70. The average Bonchev–Trinajstić information content (AvgIpc) is 2.87. The fourth-order valence-electron chi connectivity index (χ4n) is 3.77. The summed E-state index contributed by atoms with van der Waals surface area (Å²) >= 11 is 0. The van der Waals surface area contributed by atoms with Crippen molar-refractivity contribution in [3.63, 3.8) is 0 Å². The van der Waals surface area contributed by atoms with Gasteiger partial charge in [-0.25, -0.2) is 17.6 Å². The number of hydrogen-bond donors (Lipinski definition) is 2. The van der Waals surface area contributed by atoms with Gasteiger partial charge in [-0.05, 0) is 48.4 Å². The highest BCUT2D eigenvalue weighted by molar-refractivity contribution is 7.89. The van der Waals surface area contributed by atoms with Crippen molar-refractivity contribution in [1.29, 1.82) is 0 Å². The highest BCUT2D eigenvalue weighted by Gasteiger charge is 2.28. The van der Waals surface area contributed by atoms with E-state index in [-0.39, 0.29) is 21.5 Å². The summed E-state index contributed by atoms with van der Waals surface area (Å²) in [6.07, 6.45) is 0. The van der Waals surface area contributed by atoms with Gasteiger partial charge in [-0.1, -0.05) is 36.4 Å². The van der Waals surface area contributed by atoms with E-state index in [9.17, 15) is 27.2 Å². The van der Waals surface area contributed by atoms with Crippen molar-refractivity contribution in [2.24, 2.45) is 14.1 Å². The lowest BCUT2D eigenvalue weighted by atomic mass is 10.1. The zero-order chi connectivity index (χ0) is 26.2. The molecule has 0 saturated carbocycles. The molecule has 1 atom stereocenters. The molecule has 186 valence electrons. The molecule has 11 heteroatoms. The summed E-state index contributed by atoms with van der Waals surface area (Å²) in [5.41, 5.74) is -0.0175. The Morgan fingerprint density at radius 1 is 0.944 bits per heavy atom. The maximum atomic E-state index is 14.0. The lowest BCUT2D eigenvalue weighted by Crippen LogP contribution is -2.38. The van der Waals surface area contributed by atoms with Crippen molar-refractivity contribution in [1.82, 2.24) is 13.9 Å². The topological polar surface area (TPSA) is 119 Å². The molecular formula is C25H23FN4O5S. The minimum atomic E-state index is -4.32. The minimum Gasteiger partial charge on any atom is -0.324 e. The van der Waals surface area contributed by atoms with Gasteiger partial charge in [0, 0.05) is 19.8 Å². The van der Waals surface area contributed by atoms with Crippen LogP contribution in [-0.4, -0.2) is 23.5 Å². The number of sulfonamides is 1. The standard InChI is InChI=1S/C25H23FN4O5S/c1-15-9-10-17(13-20(15)26)27-23(31)22(16-7-5-4-6-8-16)28-36(34,35)18-11-12-21-19(14-18)24(32)30(3)25(33)29(21)2/h4-14,22,28H,1-3H3,(H,27,31)/t22-/m1/s1. The van der Waals surface area contributed by atoms with Crippen LogP contribution in [0.1, 0.15) is 17.2 Å². The Balaban J connectivity index is 1.74. The molecule has 0 aliphatic heterocycles. The fourth-order valence-corrected chi connectivity index (χ4v) is 4.98. The molecule has 0 bridgehead atoms. The third-order valence-corrected chi connectivity index (χ3v) is 7.28. The first-order valence-electron chi connectivity index (χ1n) is 10.8. The summed E-state index contributed by atoms with van der Waals surface area (Å²) < 4.78 is 45.2. The summed E-state index contributed by atoms with van der Waals surface area (Å²) in [6.45, 7) is 1.58. The van der Waals surface area contributed by atoms with Gasteiger partial charge >= 0.3 is 5.69 Å². The van der Waals surface area contributed by atoms with Crippen molar-refractivity contribution in [2.75, 3.05) is 5.32 Å². The summed E-state index contributed by atoms with van der Waals surface area (Å²) in [4.78, 5) is 37.7. The Labute approximate surface area is 205 Å². The van der Waals surface area contributed by atoms with Crippen molar-refractivity contribution < 1.29 is 17.6 Å². The molecule has 0 fully saturated rings. The highest BCUT2D eigenvalue weighted by atomic mass is 32.2. The van der Waals surface area contributed by atoms with Crippen LogP contribution in [-0.2, 0) is 28.9 Å². The average molecular weight is 511 g/mol. The molecule has 1 amide bonds. The number of hydrogen-bond acceptors (Lipinski definition) is 5. The molecular weight excluding hydrogens is 487 g/mol. The van der Waals surface area contributed by atoms with E-state index in [1.54, 1.807) is 37.3 Å². The Morgan fingerprint density at radius 2 is 1.64 bits per heavy atom. The number of carbonyl (C=O) groups is 1. The number of fused-ring (bicyclic) bond motifs is 1. The SMILES string of the molecule is Cc1ccc(NC(=O)[C@H](NS(=O)(=O)c2ccc3c(c2)c(=O)n(C)c(=O)n3C)c2ccccc2)cc1F. The van der Waals surface area contributed by atoms with Gasteiger partial charge in [-0.3, -0.25) is 18.7 Å². The molecule has 2 N–H and O–H groups in total. The van der Waals surface area contributed by atoms with Crippen LogP contribution in [0.2, 0.25) is 0 Å². The van der Waals surface area contributed by atoms with Crippen LogP contribution in [0.15, 0.2) is 81.2 Å². The Kier molecular flexibility index (Phi) is 6.61. The molecule has 0 aliphatic rings. The second-order valence-corrected chi connectivity index (χ2v) is 10.0. The molecule has 1 heterocycles. The number of carbonyl (C=O) groups excluding carboxylic acids is 1. The van der Waals surface area contributed by atoms with E-state index in [4.69, 9.17) is 0 Å². The second kappa shape index (κ2) is 9.51. The van der Waals surface area contributed by atoms with Crippen LogP contribution < -0.4 is 21.3 Å². The Morgan fingerprint density at radius 3 is 2.31 bits per heavy atom. The highest BCUT2D eigenvalue weighted by Crippen LogP contribution is 2.22. The smallest absolute Gasteiger partial charge is 0.324 e. The van der Waals surface area contributed by atoms with Crippen LogP contribution in [0.5, 0.6) is 0 Å². The molecule has 4 rings (SSSR count). The Bertz CT molecular complexity index is 1710. The van der Waals surface area contributed by atoms with E-state index < -0.39 is 39.0 Å². The number of benzene rings is 3. The number of aryl methyl sites for hydroxylation is 2. The summed E-state index contributed by atoms with van der Waals surface area (Å²) in [5, 5.41) is 2.57. The first-order chi connectivity index (χ1) is 17.0. The van der Waals surface area contributed by atoms with Crippen molar-refractivity contribution >= 4 is 32.5 Å². The van der Waals surface area contributed by atoms with Gasteiger partial charge in [0.2, 0.25) is 15.9 Å². The van der Waals surface area contributed by atoms with Gasteiger partial charge in [0.05, 0.1) is 15.8 Å². The van der Waals surface area contributed by atoms with E-state index in [1.165, 1.54) is 42.9 Å². The van der Waals surface area contributed by atoms with E-state index in [2.05, 4.69) is 10.0 Å². The number of nitrogens with one attached hydrogen (secondary N) is 2. The number of halogens is 1. The van der Waals surface area contributed by atoms with Gasteiger partial charge in [0.15, 0.2) is 0 Å². The van der Waals surface area contributed by atoms with Crippen LogP contribution in [0.25, 0.3) is 10.9 Å². The normalized spacial score (nSPS) is 12.4. The molecule has 0 spiro atoms. The number of aromatic nitrogens is 2. The number of rotatable bonds is 6. The first kappa shape index (κ1) is 25.0. The molecule has 9 nitrogen and oxygen atoms in total. The first-order valence-corrected chi connectivity index (χ1v) is 12.3. The van der Waals surface area contributed by atoms with E-state index >= 15 is 0 Å². The quantitative estimate of drug-likeness (QED) is 0.413. The largest absolute Gasteiger partial charge is 0.330 e. The van der Waals surface area contributed by atoms with Crippen molar-refractivity contribution in [3.05, 3.63) is 105 Å². The van der Waals surface area contributed by atoms with E-state index in [0.717, 1.165) is 16.7 Å². The number of amides is 1. The van der Waals surface area contributed by atoms with E-state index in [1.807, 2.05) is 0 Å². The second-order valence-electron chi connectivity index (χ2n) is 8.30. The third-order valence-electron chi connectivity index (χ3n) is 5.86. The lowest BCUT2D eigenvalue weighted by molar-refractivity contribution is -0.117. The van der Waals surface area contributed by atoms with E-state index in [0.29, 0.717) is 11.1 Å². The molecule has 0 radical (unpaired) electrons. The molecule has 0 aliphatic carbocycles. The zero-order valence-corrected chi connectivity index (χ0v) is 20.5. The summed E-state index contributed by atoms with van der Waals surface area (Å²) in [6, 6.07) is 14.7. The van der Waals surface area contributed by atoms with Gasteiger partial charge in [-0.15, -0.1) is 0 Å². The maximum absolute atomic E-state index is 14.0. The van der Waals surface area contributed by atoms with Gasteiger partial charge in [0.1, 0.15) is 11.9 Å². The molecule has 0 saturated heterocycles. The van der Waals surface area contributed by atoms with Crippen LogP contribution >= 0.6 is 0 Å². The minimum absolute atomic E-state index is 0.0262. The molecule has 36 heavy (non-hydrogen) atoms. The molecule has 1 aromatic heterocycles. The predicted octanol–water partition coefficient (Wildman–Crippen LogP) is 2.34. The number of anilines is 1. The number of nitrogens with zero attached hydrogens (tertiary/aromatic N) is 2. The summed E-state index contributed by atoms with van der Waals surface area (Å²) in [7, 11) is -1.55. The van der Waals surface area contributed by atoms with Crippen LogP contribution in [0.3, 0.4) is 0 Å². The van der Waals surface area contributed by atoms with Crippen LogP contribution in [0, 0.1) is 12.7 Å². The Hall–Kier alpha value is -4.09. The lowest BCUT2D eigenvalue weighted by Gasteiger charge is -2.19. The van der Waals surface area contributed by atoms with Gasteiger partial charge < -0.3 is 5.32 Å². The molecule has 4 aromatic rings. The van der Waals surface area contributed by atoms with Crippen LogP contribution in [0.4, 0.5) is 10.1 Å².